The average molecular weight is 456 g/mol. The van der Waals surface area contributed by atoms with Crippen molar-refractivity contribution < 1.29 is 22.4 Å². The van der Waals surface area contributed by atoms with Crippen molar-refractivity contribution in [2.75, 3.05) is 13.1 Å². The van der Waals surface area contributed by atoms with Crippen molar-refractivity contribution in [1.82, 2.24) is 14.9 Å². The third-order valence-corrected chi connectivity index (χ3v) is 6.18. The largest absolute Gasteiger partial charge is 0.467 e. The van der Waals surface area contributed by atoms with Gasteiger partial charge in [0.25, 0.3) is 0 Å². The van der Waals surface area contributed by atoms with Gasteiger partial charge in [0.1, 0.15) is 12.3 Å². The molecule has 1 aromatic carbocycles. The van der Waals surface area contributed by atoms with E-state index in [2.05, 4.69) is 10.0 Å². The van der Waals surface area contributed by atoms with Crippen LogP contribution in [0.5, 0.6) is 0 Å². The van der Waals surface area contributed by atoms with Gasteiger partial charge in [-0.15, -0.1) is 0 Å². The number of nitrogens with zero attached hydrogens (tertiary/aromatic N) is 1. The molecule has 2 rings (SSSR count). The molecule has 30 heavy (non-hydrogen) atoms. The first-order valence-corrected chi connectivity index (χ1v) is 11.2. The Morgan fingerprint density at radius 1 is 1.17 bits per heavy atom. The van der Waals surface area contributed by atoms with Crippen molar-refractivity contribution in [2.45, 2.75) is 44.2 Å². The molecule has 10 heteroatoms. The third kappa shape index (κ3) is 7.16. The third-order valence-electron chi connectivity index (χ3n) is 4.51. The van der Waals surface area contributed by atoms with Crippen molar-refractivity contribution >= 4 is 33.4 Å². The average Bonchev–Trinajstić information content (AvgIpc) is 3.18. The molecule has 0 aliphatic carbocycles. The lowest BCUT2D eigenvalue weighted by Gasteiger charge is -2.27. The van der Waals surface area contributed by atoms with Crippen molar-refractivity contribution in [2.24, 2.45) is 0 Å². The Balaban J connectivity index is 2.08. The van der Waals surface area contributed by atoms with Gasteiger partial charge in [-0.25, -0.2) is 13.1 Å². The van der Waals surface area contributed by atoms with Gasteiger partial charge in [0.2, 0.25) is 21.8 Å². The molecule has 2 aromatic rings. The van der Waals surface area contributed by atoms with Crippen molar-refractivity contribution in [3.63, 3.8) is 0 Å². The van der Waals surface area contributed by atoms with E-state index in [4.69, 9.17) is 16.0 Å². The quantitative estimate of drug-likeness (QED) is 0.572. The van der Waals surface area contributed by atoms with E-state index in [9.17, 15) is 18.0 Å². The molecule has 164 valence electrons. The number of carbonyl (C=O) groups is 2. The summed E-state index contributed by atoms with van der Waals surface area (Å²) in [5.74, 6) is -0.429. The van der Waals surface area contributed by atoms with Gasteiger partial charge in [0, 0.05) is 10.6 Å². The summed E-state index contributed by atoms with van der Waals surface area (Å²) in [6.07, 6.45) is 2.17. The number of hydrogen-bond donors (Lipinski definition) is 2. The molecule has 0 atom stereocenters. The first-order valence-electron chi connectivity index (χ1n) is 9.39. The van der Waals surface area contributed by atoms with Crippen LogP contribution in [-0.2, 0) is 26.2 Å². The van der Waals surface area contributed by atoms with Crippen molar-refractivity contribution in [3.8, 4) is 0 Å². The number of hydrogen-bond acceptors (Lipinski definition) is 5. The second-order valence-corrected chi connectivity index (χ2v) is 9.60. The van der Waals surface area contributed by atoms with E-state index in [-0.39, 0.29) is 23.9 Å². The van der Waals surface area contributed by atoms with Crippen LogP contribution in [0.3, 0.4) is 0 Å². The predicted molar refractivity (Wildman–Crippen MR) is 113 cm³/mol. The number of nitrogens with one attached hydrogen (secondary N) is 2. The number of benzene rings is 1. The normalized spacial score (nSPS) is 11.9. The van der Waals surface area contributed by atoms with Crippen LogP contribution in [0.25, 0.3) is 0 Å². The van der Waals surface area contributed by atoms with Gasteiger partial charge in [-0.05, 0) is 56.7 Å². The SMILES string of the molecule is CCC(C)(C)NC(=O)CN(Cc1ccco1)C(=O)CNS(=O)(=O)c1ccc(Cl)cc1. The molecule has 2 N–H and O–H groups in total. The second-order valence-electron chi connectivity index (χ2n) is 7.39. The summed E-state index contributed by atoms with van der Waals surface area (Å²) >= 11 is 5.78. The smallest absolute Gasteiger partial charge is 0.241 e. The molecule has 1 heterocycles. The Kier molecular flexibility index (Phi) is 8.05. The predicted octanol–water partition coefficient (Wildman–Crippen LogP) is 2.54. The molecular formula is C20H26ClN3O5S. The highest BCUT2D eigenvalue weighted by molar-refractivity contribution is 7.89. The Morgan fingerprint density at radius 3 is 2.40 bits per heavy atom. The lowest BCUT2D eigenvalue weighted by molar-refractivity contribution is -0.136. The summed E-state index contributed by atoms with van der Waals surface area (Å²) < 4.78 is 32.4. The molecule has 8 nitrogen and oxygen atoms in total. The van der Waals surface area contributed by atoms with Crippen LogP contribution >= 0.6 is 11.6 Å². The van der Waals surface area contributed by atoms with Crippen molar-refractivity contribution in [1.29, 1.82) is 0 Å². The van der Waals surface area contributed by atoms with Crippen LogP contribution in [0.2, 0.25) is 5.02 Å². The van der Waals surface area contributed by atoms with Crippen LogP contribution in [0.15, 0.2) is 52.0 Å². The molecule has 0 radical (unpaired) electrons. The minimum atomic E-state index is -3.91. The zero-order valence-electron chi connectivity index (χ0n) is 17.1. The van der Waals surface area contributed by atoms with Gasteiger partial charge in [0.15, 0.2) is 0 Å². The standard InChI is InChI=1S/C20H26ClN3O5S/c1-4-20(2,3)23-18(25)14-24(13-16-6-5-11-29-16)19(26)12-22-30(27,28)17-9-7-15(21)8-10-17/h5-11,22H,4,12-14H2,1-3H3,(H,23,25). The number of amides is 2. The van der Waals surface area contributed by atoms with E-state index in [1.54, 1.807) is 12.1 Å². The molecule has 0 aliphatic heterocycles. The Morgan fingerprint density at radius 2 is 1.83 bits per heavy atom. The molecule has 2 amide bonds. The Bertz CT molecular complexity index is 957. The first-order chi connectivity index (χ1) is 14.0. The van der Waals surface area contributed by atoms with E-state index >= 15 is 0 Å². The van der Waals surface area contributed by atoms with E-state index in [0.717, 1.165) is 0 Å². The number of carbonyl (C=O) groups excluding carboxylic acids is 2. The van der Waals surface area contributed by atoms with E-state index in [1.165, 1.54) is 35.4 Å². The van der Waals surface area contributed by atoms with E-state index in [1.807, 2.05) is 20.8 Å². The lowest BCUT2D eigenvalue weighted by atomic mass is 10.0. The van der Waals surface area contributed by atoms with E-state index < -0.39 is 28.0 Å². The van der Waals surface area contributed by atoms with Crippen LogP contribution in [0.1, 0.15) is 33.0 Å². The lowest BCUT2D eigenvalue weighted by Crippen LogP contribution is -2.49. The summed E-state index contributed by atoms with van der Waals surface area (Å²) in [4.78, 5) is 26.4. The molecular weight excluding hydrogens is 430 g/mol. The number of halogens is 1. The molecule has 0 saturated heterocycles. The fourth-order valence-electron chi connectivity index (χ4n) is 2.47. The number of sulfonamides is 1. The van der Waals surface area contributed by atoms with Gasteiger partial charge in [-0.1, -0.05) is 18.5 Å². The molecule has 0 spiro atoms. The fourth-order valence-corrected chi connectivity index (χ4v) is 3.57. The van der Waals surface area contributed by atoms with Crippen LogP contribution in [-0.4, -0.2) is 43.8 Å². The summed E-state index contributed by atoms with van der Waals surface area (Å²) in [5.41, 5.74) is -0.424. The summed E-state index contributed by atoms with van der Waals surface area (Å²) in [7, 11) is -3.91. The summed E-state index contributed by atoms with van der Waals surface area (Å²) in [6, 6.07) is 8.92. The highest BCUT2D eigenvalue weighted by Crippen LogP contribution is 2.14. The maximum absolute atomic E-state index is 12.7. The molecule has 1 aromatic heterocycles. The van der Waals surface area contributed by atoms with Gasteiger partial charge in [0.05, 0.1) is 24.2 Å². The zero-order chi connectivity index (χ0) is 22.4. The number of rotatable bonds is 10. The van der Waals surface area contributed by atoms with E-state index in [0.29, 0.717) is 17.2 Å². The summed E-state index contributed by atoms with van der Waals surface area (Å²) in [5, 5.41) is 3.26. The van der Waals surface area contributed by atoms with Crippen LogP contribution in [0, 0.1) is 0 Å². The minimum absolute atomic E-state index is 0.0141. The monoisotopic (exact) mass is 455 g/mol. The molecule has 0 unspecified atom stereocenters. The Hall–Kier alpha value is -2.36. The van der Waals surface area contributed by atoms with Crippen molar-refractivity contribution in [3.05, 3.63) is 53.4 Å². The highest BCUT2D eigenvalue weighted by Gasteiger charge is 2.24. The van der Waals surface area contributed by atoms with Gasteiger partial charge in [-0.2, -0.15) is 0 Å². The number of furan rings is 1. The highest BCUT2D eigenvalue weighted by atomic mass is 35.5. The molecule has 0 fully saturated rings. The van der Waals surface area contributed by atoms with Gasteiger partial charge in [-0.3, -0.25) is 9.59 Å². The summed E-state index contributed by atoms with van der Waals surface area (Å²) in [6.45, 7) is 5.00. The molecule has 0 aliphatic rings. The van der Waals surface area contributed by atoms with Crippen LogP contribution < -0.4 is 10.0 Å². The van der Waals surface area contributed by atoms with Gasteiger partial charge >= 0.3 is 0 Å². The van der Waals surface area contributed by atoms with Gasteiger partial charge < -0.3 is 14.6 Å². The first kappa shape index (κ1) is 23.9. The maximum atomic E-state index is 12.7. The van der Waals surface area contributed by atoms with Crippen LogP contribution in [0.4, 0.5) is 0 Å². The minimum Gasteiger partial charge on any atom is -0.467 e. The zero-order valence-corrected chi connectivity index (χ0v) is 18.7. The second kappa shape index (κ2) is 10.1. The fraction of sp³-hybridized carbons (Fsp3) is 0.400. The molecule has 0 saturated carbocycles. The Labute approximate surface area is 181 Å². The maximum Gasteiger partial charge on any atom is 0.241 e. The molecule has 0 bridgehead atoms. The topological polar surface area (TPSA) is 109 Å².